The summed E-state index contributed by atoms with van der Waals surface area (Å²) in [5.41, 5.74) is 0.743. The molecule has 1 aliphatic heterocycles. The first kappa shape index (κ1) is 7.16. The van der Waals surface area contributed by atoms with Crippen LogP contribution in [-0.4, -0.2) is 19.9 Å². The van der Waals surface area contributed by atoms with E-state index in [-0.39, 0.29) is 0 Å². The molecular formula is C9H9NO2. The number of hydrogen-bond acceptors (Lipinski definition) is 3. The maximum absolute atomic E-state index is 5.39. The van der Waals surface area contributed by atoms with Crippen molar-refractivity contribution in [3.63, 3.8) is 0 Å². The van der Waals surface area contributed by atoms with Crippen LogP contribution in [0.2, 0.25) is 0 Å². The zero-order valence-electron chi connectivity index (χ0n) is 6.62. The number of aliphatic imine (C=N–C) groups is 1. The van der Waals surface area contributed by atoms with Crippen molar-refractivity contribution in [1.82, 2.24) is 0 Å². The number of hydrogen-bond donors (Lipinski definition) is 0. The lowest BCUT2D eigenvalue weighted by atomic mass is 10.2. The Kier molecular flexibility index (Phi) is 1.70. The van der Waals surface area contributed by atoms with E-state index in [0.717, 1.165) is 11.4 Å². The van der Waals surface area contributed by atoms with Crippen LogP contribution in [0.15, 0.2) is 23.2 Å². The first-order valence-electron chi connectivity index (χ1n) is 3.77. The Balaban J connectivity index is 2.51. The third-order valence-electron chi connectivity index (χ3n) is 1.72. The molecule has 1 aromatic rings. The van der Waals surface area contributed by atoms with Crippen molar-refractivity contribution in [3.8, 4) is 11.5 Å². The third kappa shape index (κ3) is 1.03. The fourth-order valence-corrected chi connectivity index (χ4v) is 1.18. The summed E-state index contributed by atoms with van der Waals surface area (Å²) in [7, 11) is 0. The normalized spacial score (nSPS) is 14.0. The highest BCUT2D eigenvalue weighted by atomic mass is 16.6. The van der Waals surface area contributed by atoms with E-state index in [9.17, 15) is 0 Å². The lowest BCUT2D eigenvalue weighted by Crippen LogP contribution is -2.15. The predicted molar refractivity (Wildman–Crippen MR) is 46.6 cm³/mol. The van der Waals surface area contributed by atoms with Crippen LogP contribution in [0.4, 0.5) is 5.69 Å². The molecule has 0 radical (unpaired) electrons. The van der Waals surface area contributed by atoms with E-state index in [1.54, 1.807) is 0 Å². The van der Waals surface area contributed by atoms with E-state index in [4.69, 9.17) is 9.47 Å². The Morgan fingerprint density at radius 1 is 1.25 bits per heavy atom. The van der Waals surface area contributed by atoms with E-state index in [0.29, 0.717) is 19.0 Å². The standard InChI is InChI=1S/C9H9NO2/c1-10-7-3-2-4-8-9(7)12-6-5-11-8/h2-4H,1,5-6H2. The van der Waals surface area contributed by atoms with E-state index >= 15 is 0 Å². The van der Waals surface area contributed by atoms with Crippen molar-refractivity contribution in [3.05, 3.63) is 18.2 Å². The molecule has 0 N–H and O–H groups in total. The van der Waals surface area contributed by atoms with Crippen LogP contribution in [0.3, 0.4) is 0 Å². The van der Waals surface area contributed by atoms with Gasteiger partial charge in [0.05, 0.1) is 0 Å². The Hall–Kier alpha value is -1.51. The van der Waals surface area contributed by atoms with Gasteiger partial charge in [-0.05, 0) is 18.9 Å². The van der Waals surface area contributed by atoms with E-state index < -0.39 is 0 Å². The maximum Gasteiger partial charge on any atom is 0.186 e. The van der Waals surface area contributed by atoms with Crippen molar-refractivity contribution in [2.24, 2.45) is 4.99 Å². The molecule has 3 heteroatoms. The summed E-state index contributed by atoms with van der Waals surface area (Å²) in [4.78, 5) is 3.83. The zero-order valence-corrected chi connectivity index (χ0v) is 6.62. The molecule has 0 fully saturated rings. The van der Waals surface area contributed by atoms with Gasteiger partial charge in [0.15, 0.2) is 11.5 Å². The monoisotopic (exact) mass is 163 g/mol. The molecule has 0 atom stereocenters. The second-order valence-corrected chi connectivity index (χ2v) is 2.46. The van der Waals surface area contributed by atoms with Crippen molar-refractivity contribution >= 4 is 12.4 Å². The largest absolute Gasteiger partial charge is 0.486 e. The van der Waals surface area contributed by atoms with Gasteiger partial charge >= 0.3 is 0 Å². The molecule has 0 saturated heterocycles. The quantitative estimate of drug-likeness (QED) is 0.591. The average Bonchev–Trinajstić information content (AvgIpc) is 2.17. The highest BCUT2D eigenvalue weighted by Crippen LogP contribution is 2.38. The van der Waals surface area contributed by atoms with Gasteiger partial charge in [0.2, 0.25) is 0 Å². The molecule has 0 bridgehead atoms. The minimum atomic E-state index is 0.583. The summed E-state index contributed by atoms with van der Waals surface area (Å²) >= 11 is 0. The molecular weight excluding hydrogens is 154 g/mol. The number of para-hydroxylation sites is 1. The van der Waals surface area contributed by atoms with Crippen molar-refractivity contribution in [2.75, 3.05) is 13.2 Å². The summed E-state index contributed by atoms with van der Waals surface area (Å²) in [6, 6.07) is 5.58. The number of nitrogens with zero attached hydrogens (tertiary/aromatic N) is 1. The summed E-state index contributed by atoms with van der Waals surface area (Å²) < 4.78 is 10.7. The number of rotatable bonds is 1. The molecule has 1 heterocycles. The van der Waals surface area contributed by atoms with Crippen LogP contribution < -0.4 is 9.47 Å². The molecule has 62 valence electrons. The molecule has 1 aliphatic rings. The summed E-state index contributed by atoms with van der Waals surface area (Å²) in [6.07, 6.45) is 0. The van der Waals surface area contributed by atoms with Gasteiger partial charge in [0.25, 0.3) is 0 Å². The molecule has 0 unspecified atom stereocenters. The molecule has 1 aromatic carbocycles. The SMILES string of the molecule is C=Nc1cccc2c1OCCO2. The first-order valence-corrected chi connectivity index (χ1v) is 3.77. The minimum Gasteiger partial charge on any atom is -0.486 e. The second-order valence-electron chi connectivity index (χ2n) is 2.46. The summed E-state index contributed by atoms with van der Waals surface area (Å²) in [6.45, 7) is 4.64. The molecule has 2 rings (SSSR count). The lowest BCUT2D eigenvalue weighted by molar-refractivity contribution is 0.172. The van der Waals surface area contributed by atoms with Crippen LogP contribution in [0.1, 0.15) is 0 Å². The van der Waals surface area contributed by atoms with Crippen molar-refractivity contribution in [2.45, 2.75) is 0 Å². The van der Waals surface area contributed by atoms with Crippen LogP contribution in [0.5, 0.6) is 11.5 Å². The van der Waals surface area contributed by atoms with Crippen LogP contribution in [-0.2, 0) is 0 Å². The van der Waals surface area contributed by atoms with Gasteiger partial charge in [-0.1, -0.05) is 6.07 Å². The minimum absolute atomic E-state index is 0.583. The van der Waals surface area contributed by atoms with Gasteiger partial charge in [-0.25, -0.2) is 0 Å². The molecule has 0 spiro atoms. The second kappa shape index (κ2) is 2.85. The van der Waals surface area contributed by atoms with E-state index in [2.05, 4.69) is 11.7 Å². The molecule has 12 heavy (non-hydrogen) atoms. The lowest BCUT2D eigenvalue weighted by Gasteiger charge is -2.18. The van der Waals surface area contributed by atoms with Gasteiger partial charge < -0.3 is 9.47 Å². The fourth-order valence-electron chi connectivity index (χ4n) is 1.18. The number of benzene rings is 1. The number of fused-ring (bicyclic) bond motifs is 1. The molecule has 0 aliphatic carbocycles. The highest BCUT2D eigenvalue weighted by molar-refractivity contribution is 5.62. The first-order chi connectivity index (χ1) is 5.92. The van der Waals surface area contributed by atoms with Crippen molar-refractivity contribution < 1.29 is 9.47 Å². The van der Waals surface area contributed by atoms with Crippen molar-refractivity contribution in [1.29, 1.82) is 0 Å². The highest BCUT2D eigenvalue weighted by Gasteiger charge is 2.13. The summed E-state index contributed by atoms with van der Waals surface area (Å²) in [5.74, 6) is 1.46. The van der Waals surface area contributed by atoms with Crippen LogP contribution in [0, 0.1) is 0 Å². The van der Waals surface area contributed by atoms with Gasteiger partial charge in [-0.3, -0.25) is 4.99 Å². The molecule has 0 saturated carbocycles. The van der Waals surface area contributed by atoms with Crippen LogP contribution >= 0.6 is 0 Å². The average molecular weight is 163 g/mol. The van der Waals surface area contributed by atoms with E-state index in [1.165, 1.54) is 0 Å². The van der Waals surface area contributed by atoms with Gasteiger partial charge in [-0.15, -0.1) is 0 Å². The Morgan fingerprint density at radius 2 is 2.08 bits per heavy atom. The molecule has 0 amide bonds. The molecule has 3 nitrogen and oxygen atoms in total. The zero-order chi connectivity index (χ0) is 8.39. The Labute approximate surface area is 70.6 Å². The number of ether oxygens (including phenoxy) is 2. The Bertz CT molecular complexity index is 309. The topological polar surface area (TPSA) is 30.8 Å². The maximum atomic E-state index is 5.39. The fraction of sp³-hybridized carbons (Fsp3) is 0.222. The third-order valence-corrected chi connectivity index (χ3v) is 1.72. The van der Waals surface area contributed by atoms with Crippen LogP contribution in [0.25, 0.3) is 0 Å². The predicted octanol–water partition coefficient (Wildman–Crippen LogP) is 1.79. The Morgan fingerprint density at radius 3 is 2.92 bits per heavy atom. The van der Waals surface area contributed by atoms with Gasteiger partial charge in [0, 0.05) is 0 Å². The smallest absolute Gasteiger partial charge is 0.186 e. The van der Waals surface area contributed by atoms with E-state index in [1.807, 2.05) is 18.2 Å². The van der Waals surface area contributed by atoms with Gasteiger partial charge in [0.1, 0.15) is 18.9 Å². The molecule has 0 aromatic heterocycles. The van der Waals surface area contributed by atoms with Gasteiger partial charge in [-0.2, -0.15) is 0 Å². The summed E-state index contributed by atoms with van der Waals surface area (Å²) in [5, 5.41) is 0.